The molecule has 0 aliphatic rings. The summed E-state index contributed by atoms with van der Waals surface area (Å²) in [5.74, 6) is 0.263. The van der Waals surface area contributed by atoms with Gasteiger partial charge in [0.25, 0.3) is 0 Å². The third-order valence-electron chi connectivity index (χ3n) is 1.02. The second-order valence-corrected chi connectivity index (χ2v) is 1.77. The summed E-state index contributed by atoms with van der Waals surface area (Å²) < 4.78 is 0. The van der Waals surface area contributed by atoms with E-state index in [9.17, 15) is 0 Å². The predicted octanol–water partition coefficient (Wildman–Crippen LogP) is 0.539. The molecule has 0 bridgehead atoms. The minimum absolute atomic E-state index is 0. The molecule has 0 spiro atoms. The first-order chi connectivity index (χ1) is 4.61. The Morgan fingerprint density at radius 2 is 1.00 bits per heavy atom. The maximum atomic E-state index is 5.32. The van der Waals surface area contributed by atoms with Crippen molar-refractivity contribution in [3.63, 3.8) is 0 Å². The monoisotopic (exact) mass is 380 g/mol. The third kappa shape index (κ3) is 4.48. The van der Waals surface area contributed by atoms with E-state index in [4.69, 9.17) is 22.9 Å². The Kier molecular flexibility index (Phi) is 10.2. The van der Waals surface area contributed by atoms with Crippen molar-refractivity contribution >= 4 is 74.2 Å². The zero-order valence-corrected chi connectivity index (χ0v) is 11.6. The Morgan fingerprint density at radius 1 is 0.692 bits per heavy atom. The van der Waals surface area contributed by atoms with E-state index in [1.54, 1.807) is 0 Å². The third-order valence-corrected chi connectivity index (χ3v) is 1.02. The van der Waals surface area contributed by atoms with Crippen LogP contribution in [0.5, 0.6) is 0 Å². The van der Waals surface area contributed by atoms with Crippen LogP contribution in [0.4, 0.5) is 23.3 Å². The zero-order valence-electron chi connectivity index (χ0n) is 6.43. The molecule has 9 heteroatoms. The standard InChI is InChI=1S/C4H8N6.3BrH/c5-1-2(6)9-4(8)10-3(1)7;;;/h5H2,(H6,6,7,8,9,10);3*1H. The van der Waals surface area contributed by atoms with Gasteiger partial charge in [-0.3, -0.25) is 0 Å². The highest BCUT2D eigenvalue weighted by atomic mass is 79.9. The number of rotatable bonds is 0. The van der Waals surface area contributed by atoms with Gasteiger partial charge in [-0.2, -0.15) is 9.97 Å². The van der Waals surface area contributed by atoms with Crippen LogP contribution in [0.25, 0.3) is 0 Å². The first kappa shape index (κ1) is 18.5. The number of hydrogen-bond acceptors (Lipinski definition) is 6. The molecule has 0 aromatic carbocycles. The van der Waals surface area contributed by atoms with Gasteiger partial charge in [-0.05, 0) is 0 Å². The fourth-order valence-corrected chi connectivity index (χ4v) is 0.523. The van der Waals surface area contributed by atoms with Crippen molar-refractivity contribution in [3.8, 4) is 0 Å². The molecule has 0 aliphatic heterocycles. The van der Waals surface area contributed by atoms with E-state index in [-0.39, 0.29) is 74.2 Å². The lowest BCUT2D eigenvalue weighted by molar-refractivity contribution is 1.21. The Balaban J connectivity index is -0.000000333. The van der Waals surface area contributed by atoms with Crippen LogP contribution in [0.15, 0.2) is 0 Å². The molecule has 6 nitrogen and oxygen atoms in total. The molecule has 1 aromatic rings. The summed E-state index contributed by atoms with van der Waals surface area (Å²) in [6, 6.07) is 0. The van der Waals surface area contributed by atoms with Crippen LogP contribution in [-0.2, 0) is 0 Å². The van der Waals surface area contributed by atoms with Gasteiger partial charge in [-0.25, -0.2) is 0 Å². The van der Waals surface area contributed by atoms with Crippen molar-refractivity contribution in [2.75, 3.05) is 22.9 Å². The SMILES string of the molecule is Br.Br.Br.Nc1nc(N)c(N)c(N)n1. The van der Waals surface area contributed by atoms with Gasteiger partial charge in [0.1, 0.15) is 5.69 Å². The lowest BCUT2D eigenvalue weighted by Gasteiger charge is -2.01. The molecule has 0 fully saturated rings. The van der Waals surface area contributed by atoms with Crippen molar-refractivity contribution in [2.45, 2.75) is 0 Å². The van der Waals surface area contributed by atoms with E-state index < -0.39 is 0 Å². The molecular formula is C4H11Br3N6. The average Bonchev–Trinajstić information content (AvgIpc) is 1.82. The average molecular weight is 383 g/mol. The van der Waals surface area contributed by atoms with Crippen molar-refractivity contribution in [3.05, 3.63) is 0 Å². The fourth-order valence-electron chi connectivity index (χ4n) is 0.523. The highest BCUT2D eigenvalue weighted by Crippen LogP contribution is 2.17. The van der Waals surface area contributed by atoms with Crippen molar-refractivity contribution in [1.29, 1.82) is 0 Å². The maximum Gasteiger partial charge on any atom is 0.224 e. The molecule has 78 valence electrons. The highest BCUT2D eigenvalue weighted by Gasteiger charge is 2.02. The number of aromatic nitrogens is 2. The van der Waals surface area contributed by atoms with Gasteiger partial charge in [0.15, 0.2) is 11.6 Å². The van der Waals surface area contributed by atoms with Crippen LogP contribution in [0.1, 0.15) is 0 Å². The predicted molar refractivity (Wildman–Crippen MR) is 70.6 cm³/mol. The number of nitrogens with zero attached hydrogens (tertiary/aromatic N) is 2. The van der Waals surface area contributed by atoms with Crippen LogP contribution in [-0.4, -0.2) is 9.97 Å². The van der Waals surface area contributed by atoms with Crippen molar-refractivity contribution in [1.82, 2.24) is 9.97 Å². The van der Waals surface area contributed by atoms with Gasteiger partial charge in [-0.1, -0.05) is 0 Å². The topological polar surface area (TPSA) is 130 Å². The second kappa shape index (κ2) is 7.15. The molecule has 0 atom stereocenters. The van der Waals surface area contributed by atoms with Gasteiger partial charge in [0.05, 0.1) is 0 Å². The van der Waals surface area contributed by atoms with Gasteiger partial charge in [0, 0.05) is 0 Å². The Hall–Kier alpha value is -0.280. The van der Waals surface area contributed by atoms with Crippen LogP contribution < -0.4 is 22.9 Å². The Bertz CT molecular complexity index is 243. The normalized spacial score (nSPS) is 7.38. The molecule has 0 saturated heterocycles. The summed E-state index contributed by atoms with van der Waals surface area (Å²) in [7, 11) is 0. The summed E-state index contributed by atoms with van der Waals surface area (Å²) in [4.78, 5) is 7.15. The first-order valence-corrected chi connectivity index (χ1v) is 2.55. The molecule has 0 radical (unpaired) electrons. The van der Waals surface area contributed by atoms with Gasteiger partial charge in [-0.15, -0.1) is 50.9 Å². The zero-order chi connectivity index (χ0) is 7.72. The van der Waals surface area contributed by atoms with E-state index in [1.807, 2.05) is 0 Å². The van der Waals surface area contributed by atoms with E-state index in [1.165, 1.54) is 0 Å². The number of halogens is 3. The van der Waals surface area contributed by atoms with E-state index >= 15 is 0 Å². The van der Waals surface area contributed by atoms with Crippen LogP contribution in [0.3, 0.4) is 0 Å². The van der Waals surface area contributed by atoms with Crippen molar-refractivity contribution < 1.29 is 0 Å². The number of nitrogens with two attached hydrogens (primary N) is 4. The highest BCUT2D eigenvalue weighted by molar-refractivity contribution is 8.93. The quantitative estimate of drug-likeness (QED) is 0.518. The molecule has 1 heterocycles. The van der Waals surface area contributed by atoms with Gasteiger partial charge < -0.3 is 22.9 Å². The van der Waals surface area contributed by atoms with Gasteiger partial charge in [0.2, 0.25) is 5.95 Å². The number of nitrogen functional groups attached to an aromatic ring is 4. The molecule has 8 N–H and O–H groups in total. The Labute approximate surface area is 107 Å². The molecular weight excluding hydrogens is 372 g/mol. The maximum absolute atomic E-state index is 5.32. The molecule has 0 amide bonds. The first-order valence-electron chi connectivity index (χ1n) is 2.55. The van der Waals surface area contributed by atoms with Crippen LogP contribution in [0.2, 0.25) is 0 Å². The Morgan fingerprint density at radius 3 is 1.31 bits per heavy atom. The molecule has 13 heavy (non-hydrogen) atoms. The number of anilines is 4. The fraction of sp³-hybridized carbons (Fsp3) is 0. The summed E-state index contributed by atoms with van der Waals surface area (Å²) in [6.45, 7) is 0. The summed E-state index contributed by atoms with van der Waals surface area (Å²) >= 11 is 0. The smallest absolute Gasteiger partial charge is 0.224 e. The molecule has 1 rings (SSSR count). The minimum atomic E-state index is 0. The summed E-state index contributed by atoms with van der Waals surface area (Å²) in [6.07, 6.45) is 0. The number of hydrogen-bond donors (Lipinski definition) is 4. The minimum Gasteiger partial charge on any atom is -0.393 e. The van der Waals surface area contributed by atoms with E-state index in [0.29, 0.717) is 0 Å². The molecule has 0 saturated carbocycles. The summed E-state index contributed by atoms with van der Waals surface area (Å²) in [5.41, 5.74) is 21.3. The summed E-state index contributed by atoms with van der Waals surface area (Å²) in [5, 5.41) is 0. The molecule has 0 aliphatic carbocycles. The van der Waals surface area contributed by atoms with E-state index in [0.717, 1.165) is 0 Å². The molecule has 1 aromatic heterocycles. The molecule has 0 unspecified atom stereocenters. The van der Waals surface area contributed by atoms with Crippen molar-refractivity contribution in [2.24, 2.45) is 0 Å². The van der Waals surface area contributed by atoms with E-state index in [2.05, 4.69) is 9.97 Å². The second-order valence-electron chi connectivity index (χ2n) is 1.77. The van der Waals surface area contributed by atoms with Crippen LogP contribution >= 0.6 is 50.9 Å². The largest absolute Gasteiger partial charge is 0.393 e. The lowest BCUT2D eigenvalue weighted by Crippen LogP contribution is -2.07. The van der Waals surface area contributed by atoms with Gasteiger partial charge >= 0.3 is 0 Å². The lowest BCUT2D eigenvalue weighted by atomic mass is 10.4. The van der Waals surface area contributed by atoms with Crippen LogP contribution in [0, 0.1) is 0 Å².